The predicted octanol–water partition coefficient (Wildman–Crippen LogP) is 2.97. The van der Waals surface area contributed by atoms with Gasteiger partial charge in [-0.05, 0) is 29.8 Å². The minimum atomic E-state index is -3.96. The van der Waals surface area contributed by atoms with E-state index in [4.69, 9.17) is 19.3 Å². The number of anilines is 1. The molecule has 0 unspecified atom stereocenters. The number of thiazole rings is 1. The number of carbonyl (C=O) groups is 1. The number of pyridine rings is 2. The van der Waals surface area contributed by atoms with Crippen LogP contribution in [0.15, 0.2) is 83.5 Å². The average Bonchev–Trinajstić information content (AvgIpc) is 3.57. The number of aromatic nitrogens is 3. The molecule has 43 heavy (non-hydrogen) atoms. The monoisotopic (exact) mass is 627 g/mol. The van der Waals surface area contributed by atoms with Gasteiger partial charge in [-0.1, -0.05) is 36.4 Å². The van der Waals surface area contributed by atoms with E-state index >= 15 is 0 Å². The van der Waals surface area contributed by atoms with Gasteiger partial charge in [0, 0.05) is 29.9 Å². The van der Waals surface area contributed by atoms with E-state index in [1.165, 1.54) is 27.9 Å². The third kappa shape index (κ3) is 10.2. The zero-order chi connectivity index (χ0) is 30.3. The maximum atomic E-state index is 13.6. The molecule has 4 rings (SSSR count). The summed E-state index contributed by atoms with van der Waals surface area (Å²) in [5, 5.41) is 14.3. The Bertz CT molecular complexity index is 1510. The lowest BCUT2D eigenvalue weighted by Gasteiger charge is -2.22. The van der Waals surface area contributed by atoms with Crippen LogP contribution in [0.5, 0.6) is 0 Å². The molecule has 0 spiro atoms. The summed E-state index contributed by atoms with van der Waals surface area (Å²) in [6.45, 7) is 1.13. The molecular formula is C29H33N5O7S2. The van der Waals surface area contributed by atoms with Crippen molar-refractivity contribution >= 4 is 33.1 Å². The number of nitrogens with one attached hydrogen (secondary N) is 1. The third-order valence-electron chi connectivity index (χ3n) is 5.89. The van der Waals surface area contributed by atoms with Crippen LogP contribution in [-0.4, -0.2) is 84.9 Å². The van der Waals surface area contributed by atoms with Crippen molar-refractivity contribution in [3.05, 3.63) is 89.7 Å². The molecule has 0 saturated heterocycles. The number of esters is 1. The number of hydrogen-bond donors (Lipinski definition) is 2. The van der Waals surface area contributed by atoms with E-state index in [1.54, 1.807) is 36.5 Å². The summed E-state index contributed by atoms with van der Waals surface area (Å²) in [6.07, 6.45) is 3.18. The van der Waals surface area contributed by atoms with Gasteiger partial charge in [0.1, 0.15) is 24.0 Å². The molecule has 1 aromatic carbocycles. The van der Waals surface area contributed by atoms with Crippen molar-refractivity contribution in [3.8, 4) is 10.6 Å². The molecule has 0 atom stereocenters. The first-order valence-electron chi connectivity index (χ1n) is 13.5. The fourth-order valence-electron chi connectivity index (χ4n) is 3.84. The second-order valence-corrected chi connectivity index (χ2v) is 11.8. The van der Waals surface area contributed by atoms with Crippen LogP contribution < -0.4 is 5.32 Å². The van der Waals surface area contributed by atoms with Crippen LogP contribution >= 0.6 is 11.3 Å². The quantitative estimate of drug-likeness (QED) is 0.124. The van der Waals surface area contributed by atoms with Crippen LogP contribution in [0.3, 0.4) is 0 Å². The number of nitrogens with zero attached hydrogens (tertiary/aromatic N) is 4. The van der Waals surface area contributed by atoms with Gasteiger partial charge in [0.05, 0.1) is 45.3 Å². The van der Waals surface area contributed by atoms with E-state index in [2.05, 4.69) is 20.3 Å². The number of rotatable bonds is 18. The van der Waals surface area contributed by atoms with Gasteiger partial charge in [0.2, 0.25) is 0 Å². The highest BCUT2D eigenvalue weighted by atomic mass is 32.2. The first-order chi connectivity index (χ1) is 21.0. The minimum Gasteiger partial charge on any atom is -0.462 e. The lowest BCUT2D eigenvalue weighted by Crippen LogP contribution is -2.31. The zero-order valence-electron chi connectivity index (χ0n) is 23.4. The summed E-state index contributed by atoms with van der Waals surface area (Å²) in [6, 6.07) is 17.5. The molecule has 0 aliphatic rings. The van der Waals surface area contributed by atoms with Crippen molar-refractivity contribution < 1.29 is 32.5 Å². The predicted molar refractivity (Wildman–Crippen MR) is 161 cm³/mol. The average molecular weight is 628 g/mol. The first-order valence-corrected chi connectivity index (χ1v) is 15.8. The standard InChI is InChI=1S/C29H33N5O7S2/c35-13-14-39-15-16-40-17-18-41-28(36)20-32-26-5-3-4-25(33-26)22-34(43(37,38)27-6-1-2-11-30-27)21-23-7-9-24(10-8-23)29-31-12-19-42-29/h1-12,19,35H,13-18,20-22H2,(H,32,33). The molecule has 12 nitrogen and oxygen atoms in total. The van der Waals surface area contributed by atoms with Gasteiger partial charge < -0.3 is 24.6 Å². The topological polar surface area (TPSA) is 153 Å². The number of sulfonamides is 1. The molecule has 0 fully saturated rings. The van der Waals surface area contributed by atoms with Crippen molar-refractivity contribution in [2.75, 3.05) is 51.5 Å². The molecule has 0 radical (unpaired) electrons. The Morgan fingerprint density at radius 1 is 0.884 bits per heavy atom. The van der Waals surface area contributed by atoms with E-state index < -0.39 is 16.0 Å². The van der Waals surface area contributed by atoms with E-state index in [9.17, 15) is 13.2 Å². The third-order valence-corrected chi connectivity index (χ3v) is 8.42. The fourth-order valence-corrected chi connectivity index (χ4v) is 5.82. The molecule has 2 N–H and O–H groups in total. The van der Waals surface area contributed by atoms with E-state index in [0.717, 1.165) is 16.1 Å². The minimum absolute atomic E-state index is 0.0214. The van der Waals surface area contributed by atoms with Crippen molar-refractivity contribution in [2.45, 2.75) is 18.1 Å². The van der Waals surface area contributed by atoms with Crippen molar-refractivity contribution in [2.24, 2.45) is 0 Å². The van der Waals surface area contributed by atoms with Gasteiger partial charge in [-0.25, -0.2) is 23.4 Å². The lowest BCUT2D eigenvalue weighted by molar-refractivity contribution is -0.143. The fraction of sp³-hybridized carbons (Fsp3) is 0.310. The Morgan fingerprint density at radius 3 is 2.40 bits per heavy atom. The molecule has 3 aromatic heterocycles. The summed E-state index contributed by atoms with van der Waals surface area (Å²) in [4.78, 5) is 25.0. The summed E-state index contributed by atoms with van der Waals surface area (Å²) >= 11 is 1.53. The number of benzene rings is 1. The largest absolute Gasteiger partial charge is 0.462 e. The first kappa shape index (κ1) is 32.1. The number of ether oxygens (including phenoxy) is 3. The summed E-state index contributed by atoms with van der Waals surface area (Å²) < 4.78 is 44.1. The second kappa shape index (κ2) is 16.7. The SMILES string of the molecule is O=C(CNc1cccc(CN(Cc2ccc(-c3nccs3)cc2)S(=O)(=O)c2ccccn2)n1)OCCOCCOCCO. The van der Waals surface area contributed by atoms with Crippen LogP contribution in [0.25, 0.3) is 10.6 Å². The number of aliphatic hydroxyl groups excluding tert-OH is 1. The molecule has 0 aliphatic carbocycles. The Morgan fingerprint density at radius 2 is 1.67 bits per heavy atom. The Kier molecular flexibility index (Phi) is 12.5. The lowest BCUT2D eigenvalue weighted by atomic mass is 10.1. The van der Waals surface area contributed by atoms with Crippen molar-refractivity contribution in [1.29, 1.82) is 0 Å². The van der Waals surface area contributed by atoms with Crippen molar-refractivity contribution in [1.82, 2.24) is 19.3 Å². The highest BCUT2D eigenvalue weighted by Crippen LogP contribution is 2.24. The molecule has 4 aromatic rings. The van der Waals surface area contributed by atoms with Crippen LogP contribution in [0.2, 0.25) is 0 Å². The molecular weight excluding hydrogens is 594 g/mol. The Labute approximate surface area is 254 Å². The van der Waals surface area contributed by atoms with Crippen LogP contribution in [0.4, 0.5) is 5.82 Å². The molecule has 14 heteroatoms. The molecule has 0 bridgehead atoms. The van der Waals surface area contributed by atoms with Gasteiger partial charge in [0.25, 0.3) is 10.0 Å². The molecule has 3 heterocycles. The van der Waals surface area contributed by atoms with Crippen LogP contribution in [-0.2, 0) is 42.1 Å². The van der Waals surface area contributed by atoms with E-state index in [-0.39, 0.29) is 51.1 Å². The number of aliphatic hydroxyl groups is 1. The van der Waals surface area contributed by atoms with Gasteiger partial charge in [-0.15, -0.1) is 11.3 Å². The maximum Gasteiger partial charge on any atom is 0.325 e. The Hall–Kier alpha value is -3.79. The van der Waals surface area contributed by atoms with E-state index in [0.29, 0.717) is 24.7 Å². The van der Waals surface area contributed by atoms with Gasteiger partial charge in [-0.3, -0.25) is 4.79 Å². The van der Waals surface area contributed by atoms with Crippen LogP contribution in [0, 0.1) is 0 Å². The molecule has 228 valence electrons. The van der Waals surface area contributed by atoms with Crippen molar-refractivity contribution in [3.63, 3.8) is 0 Å². The number of hydrogen-bond acceptors (Lipinski definition) is 12. The molecule has 0 saturated carbocycles. The summed E-state index contributed by atoms with van der Waals surface area (Å²) in [7, 11) is -3.96. The molecule has 0 aliphatic heterocycles. The number of carbonyl (C=O) groups excluding carboxylic acids is 1. The zero-order valence-corrected chi connectivity index (χ0v) is 25.0. The van der Waals surface area contributed by atoms with Gasteiger partial charge in [0.15, 0.2) is 5.03 Å². The highest BCUT2D eigenvalue weighted by Gasteiger charge is 2.26. The van der Waals surface area contributed by atoms with E-state index in [1.807, 2.05) is 29.6 Å². The van der Waals surface area contributed by atoms with Crippen LogP contribution in [0.1, 0.15) is 11.3 Å². The Balaban J connectivity index is 1.37. The second-order valence-electron chi connectivity index (χ2n) is 9.01. The summed E-state index contributed by atoms with van der Waals surface area (Å²) in [5.74, 6) is -0.0948. The molecule has 0 amide bonds. The highest BCUT2D eigenvalue weighted by molar-refractivity contribution is 7.89. The summed E-state index contributed by atoms with van der Waals surface area (Å²) in [5.41, 5.74) is 2.22. The normalized spacial score (nSPS) is 11.5. The maximum absolute atomic E-state index is 13.6. The smallest absolute Gasteiger partial charge is 0.325 e. The van der Waals surface area contributed by atoms with Gasteiger partial charge in [-0.2, -0.15) is 4.31 Å². The van der Waals surface area contributed by atoms with Gasteiger partial charge >= 0.3 is 5.97 Å².